The number of halogens is 2. The van der Waals surface area contributed by atoms with E-state index in [1.54, 1.807) is 18.2 Å². The fraction of sp³-hybridized carbons (Fsp3) is 0.538. The van der Waals surface area contributed by atoms with Crippen molar-refractivity contribution in [2.75, 3.05) is 13.2 Å². The van der Waals surface area contributed by atoms with Gasteiger partial charge in [-0.2, -0.15) is 0 Å². The molecule has 17 heavy (non-hydrogen) atoms. The van der Waals surface area contributed by atoms with Crippen LogP contribution in [-0.4, -0.2) is 19.2 Å². The van der Waals surface area contributed by atoms with Gasteiger partial charge in [-0.25, -0.2) is 0 Å². The molecule has 1 aliphatic heterocycles. The maximum absolute atomic E-state index is 6.02. The van der Waals surface area contributed by atoms with Crippen molar-refractivity contribution >= 4 is 23.2 Å². The first-order valence-corrected chi connectivity index (χ1v) is 6.82. The first-order chi connectivity index (χ1) is 8.25. The zero-order valence-electron chi connectivity index (χ0n) is 9.72. The Hall–Kier alpha value is -0.440. The highest BCUT2D eigenvalue weighted by molar-refractivity contribution is 6.34. The molecule has 0 spiro atoms. The quantitative estimate of drug-likeness (QED) is 0.899. The number of benzene rings is 1. The van der Waals surface area contributed by atoms with Crippen molar-refractivity contribution in [1.82, 2.24) is 5.32 Å². The summed E-state index contributed by atoms with van der Waals surface area (Å²) in [6.07, 6.45) is 4.86. The standard InChI is InChI=1S/C13H17Cl2NO/c14-10-4-5-12(15)13(9-10)17-8-6-11-3-1-2-7-16-11/h4-5,9,11,16H,1-3,6-8H2. The third-order valence-corrected chi connectivity index (χ3v) is 3.58. The van der Waals surface area contributed by atoms with Gasteiger partial charge in [-0.3, -0.25) is 0 Å². The smallest absolute Gasteiger partial charge is 0.139 e. The molecule has 1 aromatic carbocycles. The zero-order chi connectivity index (χ0) is 12.1. The van der Waals surface area contributed by atoms with E-state index in [1.807, 2.05) is 0 Å². The Bertz CT molecular complexity index is 364. The maximum Gasteiger partial charge on any atom is 0.139 e. The van der Waals surface area contributed by atoms with Crippen LogP contribution >= 0.6 is 23.2 Å². The summed E-state index contributed by atoms with van der Waals surface area (Å²) in [6.45, 7) is 1.81. The minimum Gasteiger partial charge on any atom is -0.492 e. The first kappa shape index (κ1) is 13.0. The Morgan fingerprint density at radius 3 is 2.94 bits per heavy atom. The van der Waals surface area contributed by atoms with Crippen molar-refractivity contribution in [3.05, 3.63) is 28.2 Å². The predicted molar refractivity (Wildman–Crippen MR) is 72.2 cm³/mol. The molecule has 1 saturated heterocycles. The largest absolute Gasteiger partial charge is 0.492 e. The van der Waals surface area contributed by atoms with Gasteiger partial charge in [0.25, 0.3) is 0 Å². The molecule has 1 unspecified atom stereocenters. The molecule has 1 N–H and O–H groups in total. The minimum absolute atomic E-state index is 0.585. The lowest BCUT2D eigenvalue weighted by Crippen LogP contribution is -2.35. The van der Waals surface area contributed by atoms with Gasteiger partial charge in [0.2, 0.25) is 0 Å². The Kier molecular flexibility index (Phi) is 4.96. The number of piperidine rings is 1. The summed E-state index contributed by atoms with van der Waals surface area (Å²) >= 11 is 11.9. The third-order valence-electron chi connectivity index (χ3n) is 3.03. The highest BCUT2D eigenvalue weighted by Crippen LogP contribution is 2.27. The monoisotopic (exact) mass is 273 g/mol. The Balaban J connectivity index is 1.79. The van der Waals surface area contributed by atoms with Gasteiger partial charge in [-0.1, -0.05) is 29.6 Å². The molecule has 1 heterocycles. The van der Waals surface area contributed by atoms with Crippen molar-refractivity contribution in [3.8, 4) is 5.75 Å². The lowest BCUT2D eigenvalue weighted by atomic mass is 10.0. The molecule has 4 heteroatoms. The highest BCUT2D eigenvalue weighted by Gasteiger charge is 2.12. The van der Waals surface area contributed by atoms with E-state index in [9.17, 15) is 0 Å². The van der Waals surface area contributed by atoms with Gasteiger partial charge < -0.3 is 10.1 Å². The van der Waals surface area contributed by atoms with Gasteiger partial charge in [0, 0.05) is 17.1 Å². The number of hydrogen-bond acceptors (Lipinski definition) is 2. The van der Waals surface area contributed by atoms with E-state index < -0.39 is 0 Å². The second-order valence-electron chi connectivity index (χ2n) is 4.36. The van der Waals surface area contributed by atoms with Gasteiger partial charge in [-0.15, -0.1) is 0 Å². The van der Waals surface area contributed by atoms with E-state index in [2.05, 4.69) is 5.32 Å². The van der Waals surface area contributed by atoms with Crippen LogP contribution in [0.15, 0.2) is 18.2 Å². The molecule has 2 rings (SSSR count). The zero-order valence-corrected chi connectivity index (χ0v) is 11.2. The maximum atomic E-state index is 6.02. The molecule has 0 saturated carbocycles. The molecule has 0 aliphatic carbocycles. The average molecular weight is 274 g/mol. The van der Waals surface area contributed by atoms with Crippen LogP contribution in [0.1, 0.15) is 25.7 Å². The van der Waals surface area contributed by atoms with Crippen LogP contribution in [0, 0.1) is 0 Å². The van der Waals surface area contributed by atoms with Gasteiger partial charge >= 0.3 is 0 Å². The van der Waals surface area contributed by atoms with E-state index >= 15 is 0 Å². The number of rotatable bonds is 4. The minimum atomic E-state index is 0.585. The van der Waals surface area contributed by atoms with Crippen LogP contribution in [0.3, 0.4) is 0 Å². The fourth-order valence-electron chi connectivity index (χ4n) is 2.07. The summed E-state index contributed by atoms with van der Waals surface area (Å²) < 4.78 is 5.66. The SMILES string of the molecule is Clc1ccc(Cl)c(OCCC2CCCCN2)c1. The van der Waals surface area contributed by atoms with E-state index in [0.29, 0.717) is 28.4 Å². The predicted octanol–water partition coefficient (Wildman–Crippen LogP) is 3.90. The molecule has 2 nitrogen and oxygen atoms in total. The van der Waals surface area contributed by atoms with Gasteiger partial charge in [-0.05, 0) is 37.9 Å². The van der Waals surface area contributed by atoms with Gasteiger partial charge in [0.15, 0.2) is 0 Å². The molecule has 0 aromatic heterocycles. The molecule has 94 valence electrons. The highest BCUT2D eigenvalue weighted by atomic mass is 35.5. The Morgan fingerprint density at radius 2 is 2.18 bits per heavy atom. The van der Waals surface area contributed by atoms with Gasteiger partial charge in [0.05, 0.1) is 11.6 Å². The molecule has 1 aliphatic rings. The van der Waals surface area contributed by atoms with Crippen molar-refractivity contribution in [2.45, 2.75) is 31.7 Å². The van der Waals surface area contributed by atoms with Crippen molar-refractivity contribution in [1.29, 1.82) is 0 Å². The van der Waals surface area contributed by atoms with E-state index in [0.717, 1.165) is 13.0 Å². The summed E-state index contributed by atoms with van der Waals surface area (Å²) in [7, 11) is 0. The van der Waals surface area contributed by atoms with Crippen LogP contribution in [0.4, 0.5) is 0 Å². The van der Waals surface area contributed by atoms with E-state index in [-0.39, 0.29) is 0 Å². The molecule has 0 amide bonds. The fourth-order valence-corrected chi connectivity index (χ4v) is 2.40. The summed E-state index contributed by atoms with van der Waals surface area (Å²) in [4.78, 5) is 0. The summed E-state index contributed by atoms with van der Waals surface area (Å²) in [5.41, 5.74) is 0. The van der Waals surface area contributed by atoms with Crippen LogP contribution in [0.5, 0.6) is 5.75 Å². The molecule has 0 bridgehead atoms. The van der Waals surface area contributed by atoms with Crippen LogP contribution < -0.4 is 10.1 Å². The first-order valence-electron chi connectivity index (χ1n) is 6.07. The molecular formula is C13H17Cl2NO. The number of hydrogen-bond donors (Lipinski definition) is 1. The molecule has 0 radical (unpaired) electrons. The summed E-state index contributed by atoms with van der Waals surface area (Å²) in [6, 6.07) is 5.87. The molecular weight excluding hydrogens is 257 g/mol. The lowest BCUT2D eigenvalue weighted by Gasteiger charge is -2.23. The lowest BCUT2D eigenvalue weighted by molar-refractivity contribution is 0.268. The molecule has 1 atom stereocenters. The van der Waals surface area contributed by atoms with Crippen LogP contribution in [0.2, 0.25) is 10.0 Å². The summed E-state index contributed by atoms with van der Waals surface area (Å²) in [5.74, 6) is 0.676. The topological polar surface area (TPSA) is 21.3 Å². The average Bonchev–Trinajstić information content (AvgIpc) is 2.35. The molecule has 1 aromatic rings. The second-order valence-corrected chi connectivity index (χ2v) is 5.20. The Morgan fingerprint density at radius 1 is 1.29 bits per heavy atom. The van der Waals surface area contributed by atoms with Gasteiger partial charge in [0.1, 0.15) is 5.75 Å². The second kappa shape index (κ2) is 6.48. The van der Waals surface area contributed by atoms with E-state index in [1.165, 1.54) is 19.3 Å². The number of nitrogens with one attached hydrogen (secondary N) is 1. The van der Waals surface area contributed by atoms with Crippen molar-refractivity contribution in [3.63, 3.8) is 0 Å². The van der Waals surface area contributed by atoms with Crippen molar-refractivity contribution < 1.29 is 4.74 Å². The van der Waals surface area contributed by atoms with E-state index in [4.69, 9.17) is 27.9 Å². The van der Waals surface area contributed by atoms with Crippen LogP contribution in [0.25, 0.3) is 0 Å². The third kappa shape index (κ3) is 4.06. The number of ether oxygens (including phenoxy) is 1. The molecule has 1 fully saturated rings. The summed E-state index contributed by atoms with van der Waals surface area (Å²) in [5, 5.41) is 4.76. The van der Waals surface area contributed by atoms with Crippen LogP contribution in [-0.2, 0) is 0 Å². The Labute approximate surface area is 112 Å². The van der Waals surface area contributed by atoms with Crippen molar-refractivity contribution in [2.24, 2.45) is 0 Å². The normalized spacial score (nSPS) is 20.2.